The number of aromatic hydroxyl groups is 2. The third kappa shape index (κ3) is 2.81. The molecule has 22 heavy (non-hydrogen) atoms. The van der Waals surface area contributed by atoms with Crippen molar-refractivity contribution < 1.29 is 53.9 Å². The van der Waals surface area contributed by atoms with E-state index in [-0.39, 0.29) is 0 Å². The van der Waals surface area contributed by atoms with Crippen LogP contribution >= 0.6 is 0 Å². The summed E-state index contributed by atoms with van der Waals surface area (Å²) in [6.07, 6.45) is 0. The van der Waals surface area contributed by atoms with Crippen molar-refractivity contribution in [2.45, 2.75) is 3.60 Å². The van der Waals surface area contributed by atoms with Gasteiger partial charge in [0.05, 0.1) is 0 Å². The van der Waals surface area contributed by atoms with Gasteiger partial charge in [-0.1, -0.05) is 6.07 Å². The Morgan fingerprint density at radius 3 is 1.59 bits per heavy atom. The number of hydrogen-bond acceptors (Lipinski definition) is 9. The summed E-state index contributed by atoms with van der Waals surface area (Å²) in [6, 6.07) is 2.25. The van der Waals surface area contributed by atoms with Gasteiger partial charge in [-0.05, 0) is 12.1 Å². The Morgan fingerprint density at radius 2 is 1.23 bits per heavy atom. The predicted octanol–water partition coefficient (Wildman–Crippen LogP) is -1.25. The lowest BCUT2D eigenvalue weighted by molar-refractivity contribution is 0.239. The first kappa shape index (κ1) is 18.4. The number of benzene rings is 1. The maximum atomic E-state index is 11.2. The van der Waals surface area contributed by atoms with E-state index in [0.717, 1.165) is 12.1 Å². The number of ether oxygens (including phenoxy) is 1. The molecule has 0 aliphatic heterocycles. The van der Waals surface area contributed by atoms with E-state index < -0.39 is 51.2 Å². The fourth-order valence-corrected chi connectivity index (χ4v) is 5.06. The smallest absolute Gasteiger partial charge is 0.484 e. The summed E-state index contributed by atoms with van der Waals surface area (Å²) in [5, 5.41) is 18.5. The lowest BCUT2D eigenvalue weighted by Gasteiger charge is -2.25. The van der Waals surface area contributed by atoms with Gasteiger partial charge in [0.25, 0.3) is 0 Å². The van der Waals surface area contributed by atoms with Gasteiger partial charge in [-0.15, -0.1) is 0 Å². The first-order valence-corrected chi connectivity index (χ1v) is 9.08. The predicted molar refractivity (Wildman–Crippen MR) is 67.8 cm³/mol. The maximum Gasteiger partial charge on any atom is 0.484 e. The SMILES string of the molecule is O=S(=O)(O)C(Oc1cccc(O)c1O)(S(=O)(=O)O)S(=O)(=O)O. The van der Waals surface area contributed by atoms with Crippen molar-refractivity contribution in [1.29, 1.82) is 0 Å². The number of phenols is 2. The van der Waals surface area contributed by atoms with Crippen LogP contribution in [0.4, 0.5) is 0 Å². The van der Waals surface area contributed by atoms with E-state index in [1.807, 2.05) is 0 Å². The van der Waals surface area contributed by atoms with Crippen molar-refractivity contribution in [3.63, 3.8) is 0 Å². The van der Waals surface area contributed by atoms with Gasteiger partial charge in [-0.3, -0.25) is 13.7 Å². The summed E-state index contributed by atoms with van der Waals surface area (Å²) in [5.41, 5.74) is 0. The van der Waals surface area contributed by atoms with Gasteiger partial charge in [0.1, 0.15) is 0 Å². The first-order chi connectivity index (χ1) is 9.65. The Labute approximate surface area is 123 Å². The summed E-state index contributed by atoms with van der Waals surface area (Å²) in [5.74, 6) is -3.62. The third-order valence-corrected chi connectivity index (χ3v) is 8.10. The van der Waals surface area contributed by atoms with Crippen molar-refractivity contribution >= 4 is 30.4 Å². The molecule has 0 radical (unpaired) electrons. The molecule has 0 unspecified atom stereocenters. The molecule has 0 saturated heterocycles. The van der Waals surface area contributed by atoms with Crippen molar-refractivity contribution in [3.8, 4) is 17.2 Å². The lowest BCUT2D eigenvalue weighted by Crippen LogP contribution is -2.56. The average molecular weight is 380 g/mol. The molecule has 126 valence electrons. The molecule has 15 heteroatoms. The summed E-state index contributed by atoms with van der Waals surface area (Å²) in [4.78, 5) is 0. The second kappa shape index (κ2) is 5.21. The molecule has 0 bridgehead atoms. The Morgan fingerprint density at radius 1 is 0.818 bits per heavy atom. The highest BCUT2D eigenvalue weighted by Gasteiger charge is 2.69. The van der Waals surface area contributed by atoms with E-state index >= 15 is 0 Å². The number of rotatable bonds is 5. The van der Waals surface area contributed by atoms with Crippen LogP contribution in [0.25, 0.3) is 0 Å². The minimum Gasteiger partial charge on any atom is -0.504 e. The third-order valence-electron chi connectivity index (χ3n) is 2.16. The monoisotopic (exact) mass is 380 g/mol. The molecule has 0 aliphatic rings. The second-order valence-electron chi connectivity index (χ2n) is 3.65. The van der Waals surface area contributed by atoms with Crippen LogP contribution in [0.5, 0.6) is 17.2 Å². The van der Waals surface area contributed by atoms with Crippen LogP contribution in [0, 0.1) is 0 Å². The zero-order chi connectivity index (χ0) is 17.6. The van der Waals surface area contributed by atoms with Crippen LogP contribution in [0.1, 0.15) is 0 Å². The molecule has 12 nitrogen and oxygen atoms in total. The molecule has 0 fully saturated rings. The zero-order valence-electron chi connectivity index (χ0n) is 10.1. The second-order valence-corrected chi connectivity index (χ2v) is 9.00. The van der Waals surface area contributed by atoms with Gasteiger partial charge in [-0.25, -0.2) is 0 Å². The van der Waals surface area contributed by atoms with Crippen molar-refractivity contribution in [1.82, 2.24) is 0 Å². The van der Waals surface area contributed by atoms with Crippen LogP contribution in [0.3, 0.4) is 0 Å². The Bertz CT molecular complexity index is 815. The quantitative estimate of drug-likeness (QED) is 0.299. The van der Waals surface area contributed by atoms with Gasteiger partial charge in [0.15, 0.2) is 11.5 Å². The molecule has 0 heterocycles. The largest absolute Gasteiger partial charge is 0.504 e. The Balaban J connectivity index is 3.86. The molecule has 0 aliphatic carbocycles. The van der Waals surface area contributed by atoms with Gasteiger partial charge in [0, 0.05) is 0 Å². The minimum absolute atomic E-state index is 0.575. The van der Waals surface area contributed by atoms with Gasteiger partial charge in [-0.2, -0.15) is 25.3 Å². The Kier molecular flexibility index (Phi) is 4.36. The molecule has 1 rings (SSSR count). The van der Waals surface area contributed by atoms with Crippen LogP contribution in [-0.2, 0) is 30.4 Å². The molecular formula is C7H8O12S3. The first-order valence-electron chi connectivity index (χ1n) is 4.76. The minimum atomic E-state index is -6.36. The standard InChI is InChI=1S/C7H8O12S3/c8-4-2-1-3-5(6(4)9)19-7(20(10,11)12,21(13,14)15)22(16,17)18/h1-3,8-9H,(H,10,11,12)(H,13,14,15)(H,16,17,18). The molecule has 0 spiro atoms. The number of phenolic OH excluding ortho intramolecular Hbond substituents is 2. The van der Waals surface area contributed by atoms with Crippen LogP contribution in [0.2, 0.25) is 0 Å². The summed E-state index contributed by atoms with van der Waals surface area (Å²) in [7, 11) is -19.1. The number of para-hydroxylation sites is 1. The van der Waals surface area contributed by atoms with Crippen LogP contribution in [0.15, 0.2) is 18.2 Å². The van der Waals surface area contributed by atoms with Crippen molar-refractivity contribution in [2.75, 3.05) is 0 Å². The van der Waals surface area contributed by atoms with Crippen LogP contribution in [-0.4, -0.2) is 52.7 Å². The van der Waals surface area contributed by atoms with E-state index in [2.05, 4.69) is 4.74 Å². The zero-order valence-corrected chi connectivity index (χ0v) is 12.5. The summed E-state index contributed by atoms with van der Waals surface area (Å²) in [6.45, 7) is 0. The fourth-order valence-electron chi connectivity index (χ4n) is 1.28. The Hall–Kier alpha value is -1.65. The fraction of sp³-hybridized carbons (Fsp3) is 0.143. The van der Waals surface area contributed by atoms with Gasteiger partial charge < -0.3 is 14.9 Å². The van der Waals surface area contributed by atoms with Gasteiger partial charge >= 0.3 is 34.0 Å². The molecule has 0 atom stereocenters. The van der Waals surface area contributed by atoms with Gasteiger partial charge in [0.2, 0.25) is 5.75 Å². The normalized spacial score (nSPS) is 13.8. The molecule has 0 aromatic heterocycles. The van der Waals surface area contributed by atoms with Crippen molar-refractivity contribution in [3.05, 3.63) is 18.2 Å². The van der Waals surface area contributed by atoms with E-state index in [0.29, 0.717) is 6.07 Å². The van der Waals surface area contributed by atoms with E-state index in [4.69, 9.17) is 18.8 Å². The molecule has 0 amide bonds. The van der Waals surface area contributed by atoms with Crippen LogP contribution < -0.4 is 4.74 Å². The number of hydrogen-bond donors (Lipinski definition) is 5. The van der Waals surface area contributed by atoms with E-state index in [1.54, 1.807) is 0 Å². The molecule has 1 aromatic carbocycles. The molecule has 0 saturated carbocycles. The molecule has 1 aromatic rings. The molecule has 5 N–H and O–H groups in total. The summed E-state index contributed by atoms with van der Waals surface area (Å²) < 4.78 is 92.5. The average Bonchev–Trinajstić information content (AvgIpc) is 2.25. The lowest BCUT2D eigenvalue weighted by atomic mass is 10.3. The molecular weight excluding hydrogens is 372 g/mol. The van der Waals surface area contributed by atoms with E-state index in [9.17, 15) is 30.4 Å². The highest BCUT2D eigenvalue weighted by Crippen LogP contribution is 2.40. The topological polar surface area (TPSA) is 213 Å². The van der Waals surface area contributed by atoms with Crippen molar-refractivity contribution in [2.24, 2.45) is 0 Å². The summed E-state index contributed by atoms with van der Waals surface area (Å²) >= 11 is 0. The van der Waals surface area contributed by atoms with E-state index in [1.165, 1.54) is 0 Å². The highest BCUT2D eigenvalue weighted by atomic mass is 32.3. The maximum absolute atomic E-state index is 11.2. The highest BCUT2D eigenvalue weighted by molar-refractivity contribution is 8.20.